The molecule has 0 aromatic rings. The summed E-state index contributed by atoms with van der Waals surface area (Å²) in [6.45, 7) is 12.5. The molecule has 8 atom stereocenters. The summed E-state index contributed by atoms with van der Waals surface area (Å²) in [5.74, 6) is 2.36. The van der Waals surface area contributed by atoms with Crippen LogP contribution in [0.3, 0.4) is 0 Å². The first-order valence-corrected chi connectivity index (χ1v) is 14.2. The highest BCUT2D eigenvalue weighted by Gasteiger charge is 2.62. The zero-order chi connectivity index (χ0) is 26.3. The summed E-state index contributed by atoms with van der Waals surface area (Å²) < 4.78 is 11.8. The van der Waals surface area contributed by atoms with Gasteiger partial charge in [-0.25, -0.2) is 0 Å². The SMILES string of the molecule is CC(=O)OCC12CCC3C(CCC4=CC(=O)C=CC43C)C1CCC2C(C)C(CCC(C)C)OC(C)=O. The third-order valence-electron chi connectivity index (χ3n) is 10.5. The summed E-state index contributed by atoms with van der Waals surface area (Å²) in [7, 11) is 0. The van der Waals surface area contributed by atoms with E-state index in [-0.39, 0.29) is 40.6 Å². The van der Waals surface area contributed by atoms with E-state index in [1.54, 1.807) is 6.08 Å². The molecule has 4 rings (SSSR count). The first kappa shape index (κ1) is 27.1. The molecule has 5 nitrogen and oxygen atoms in total. The third kappa shape index (κ3) is 4.96. The van der Waals surface area contributed by atoms with Crippen molar-refractivity contribution in [2.75, 3.05) is 6.61 Å². The van der Waals surface area contributed by atoms with Gasteiger partial charge in [0.25, 0.3) is 0 Å². The predicted molar refractivity (Wildman–Crippen MR) is 140 cm³/mol. The van der Waals surface area contributed by atoms with Crippen LogP contribution in [0.2, 0.25) is 0 Å². The molecule has 5 heteroatoms. The van der Waals surface area contributed by atoms with E-state index in [1.165, 1.54) is 19.4 Å². The number of esters is 2. The van der Waals surface area contributed by atoms with Crippen LogP contribution >= 0.6 is 0 Å². The number of carbonyl (C=O) groups is 3. The van der Waals surface area contributed by atoms with Crippen LogP contribution in [0.1, 0.15) is 92.9 Å². The van der Waals surface area contributed by atoms with E-state index in [9.17, 15) is 14.4 Å². The number of ether oxygens (including phenoxy) is 2. The largest absolute Gasteiger partial charge is 0.465 e. The molecule has 0 N–H and O–H groups in total. The van der Waals surface area contributed by atoms with Crippen molar-refractivity contribution in [1.82, 2.24) is 0 Å². The van der Waals surface area contributed by atoms with Gasteiger partial charge in [0.15, 0.2) is 5.78 Å². The minimum absolute atomic E-state index is 0.0499. The monoisotopic (exact) mass is 498 g/mol. The molecule has 0 amide bonds. The second kappa shape index (κ2) is 10.5. The lowest BCUT2D eigenvalue weighted by atomic mass is 9.47. The average molecular weight is 499 g/mol. The first-order chi connectivity index (χ1) is 17.0. The number of hydrogen-bond acceptors (Lipinski definition) is 5. The maximum Gasteiger partial charge on any atom is 0.302 e. The molecule has 0 radical (unpaired) electrons. The zero-order valence-corrected chi connectivity index (χ0v) is 23.2. The van der Waals surface area contributed by atoms with Crippen molar-refractivity contribution in [3.8, 4) is 0 Å². The molecular formula is C31H46O5. The highest BCUT2D eigenvalue weighted by atomic mass is 16.5. The van der Waals surface area contributed by atoms with E-state index in [2.05, 4.69) is 33.8 Å². The minimum atomic E-state index is -0.213. The van der Waals surface area contributed by atoms with Crippen LogP contribution in [0.5, 0.6) is 0 Å². The molecule has 0 aliphatic heterocycles. The topological polar surface area (TPSA) is 69.7 Å². The molecule has 0 heterocycles. The fourth-order valence-corrected chi connectivity index (χ4v) is 8.76. The van der Waals surface area contributed by atoms with Gasteiger partial charge >= 0.3 is 11.9 Å². The van der Waals surface area contributed by atoms with Crippen molar-refractivity contribution >= 4 is 17.7 Å². The lowest BCUT2D eigenvalue weighted by Gasteiger charge is -2.58. The molecule has 3 saturated carbocycles. The third-order valence-corrected chi connectivity index (χ3v) is 10.5. The van der Waals surface area contributed by atoms with Crippen molar-refractivity contribution in [2.45, 2.75) is 99.0 Å². The van der Waals surface area contributed by atoms with Crippen molar-refractivity contribution in [2.24, 2.45) is 46.3 Å². The second-order valence-electron chi connectivity index (χ2n) is 12.8. The molecule has 0 aromatic carbocycles. The van der Waals surface area contributed by atoms with Crippen LogP contribution in [-0.4, -0.2) is 30.4 Å². The molecule has 4 aliphatic carbocycles. The number of allylic oxidation sites excluding steroid dienone is 4. The van der Waals surface area contributed by atoms with Crippen molar-refractivity contribution in [3.05, 3.63) is 23.8 Å². The number of hydrogen-bond donors (Lipinski definition) is 0. The second-order valence-corrected chi connectivity index (χ2v) is 12.8. The summed E-state index contributed by atoms with van der Waals surface area (Å²) in [6, 6.07) is 0. The lowest BCUT2D eigenvalue weighted by Crippen LogP contribution is -2.53. The van der Waals surface area contributed by atoms with Gasteiger partial charge in [-0.15, -0.1) is 0 Å². The molecule has 36 heavy (non-hydrogen) atoms. The molecule has 200 valence electrons. The molecule has 0 spiro atoms. The first-order valence-electron chi connectivity index (χ1n) is 14.2. The van der Waals surface area contributed by atoms with Gasteiger partial charge in [-0.05, 0) is 99.0 Å². The van der Waals surface area contributed by atoms with Gasteiger partial charge in [0, 0.05) is 24.7 Å². The van der Waals surface area contributed by atoms with Crippen molar-refractivity contribution < 1.29 is 23.9 Å². The standard InChI is InChI=1S/C31H46O5/c1-19(2)7-12-29(36-22(5)33)20(3)26-10-11-28-25-9-8-23-17-24(34)13-15-30(23,6)27(25)14-16-31(26,28)18-35-21(4)32/h13,15,17,19-20,25-29H,7-12,14,16,18H2,1-6H3. The highest BCUT2D eigenvalue weighted by molar-refractivity contribution is 6.01. The van der Waals surface area contributed by atoms with Crippen LogP contribution < -0.4 is 0 Å². The highest BCUT2D eigenvalue weighted by Crippen LogP contribution is 2.67. The Morgan fingerprint density at radius 1 is 1.03 bits per heavy atom. The van der Waals surface area contributed by atoms with Gasteiger partial charge in [0.2, 0.25) is 0 Å². The van der Waals surface area contributed by atoms with Gasteiger partial charge in [0.1, 0.15) is 6.10 Å². The lowest BCUT2D eigenvalue weighted by molar-refractivity contribution is -0.160. The average Bonchev–Trinajstić information content (AvgIpc) is 3.20. The summed E-state index contributed by atoms with van der Waals surface area (Å²) >= 11 is 0. The van der Waals surface area contributed by atoms with E-state index in [1.807, 2.05) is 6.08 Å². The fraction of sp³-hybridized carbons (Fsp3) is 0.774. The molecule has 8 unspecified atom stereocenters. The van der Waals surface area contributed by atoms with Gasteiger partial charge < -0.3 is 9.47 Å². The van der Waals surface area contributed by atoms with Gasteiger partial charge in [-0.3, -0.25) is 14.4 Å². The van der Waals surface area contributed by atoms with Crippen LogP contribution in [0.25, 0.3) is 0 Å². The Morgan fingerprint density at radius 2 is 1.78 bits per heavy atom. The van der Waals surface area contributed by atoms with E-state index in [0.29, 0.717) is 36.2 Å². The van der Waals surface area contributed by atoms with Crippen LogP contribution in [-0.2, 0) is 23.9 Å². The van der Waals surface area contributed by atoms with Crippen LogP contribution in [0, 0.1) is 46.3 Å². The summed E-state index contributed by atoms with van der Waals surface area (Å²) in [6.07, 6.45) is 14.0. The number of fused-ring (bicyclic) bond motifs is 5. The Balaban J connectivity index is 1.64. The zero-order valence-electron chi connectivity index (χ0n) is 23.2. The normalized spacial score (nSPS) is 36.9. The van der Waals surface area contributed by atoms with Gasteiger partial charge in [-0.1, -0.05) is 39.3 Å². The van der Waals surface area contributed by atoms with Crippen molar-refractivity contribution in [3.63, 3.8) is 0 Å². The Bertz CT molecular complexity index is 931. The van der Waals surface area contributed by atoms with Gasteiger partial charge in [-0.2, -0.15) is 0 Å². The Hall–Kier alpha value is -1.91. The van der Waals surface area contributed by atoms with E-state index in [0.717, 1.165) is 51.4 Å². The molecule has 0 aromatic heterocycles. The van der Waals surface area contributed by atoms with Gasteiger partial charge in [0.05, 0.1) is 6.61 Å². The van der Waals surface area contributed by atoms with Crippen LogP contribution in [0.4, 0.5) is 0 Å². The number of ketones is 1. The predicted octanol–water partition coefficient (Wildman–Crippen LogP) is 6.46. The Kier molecular flexibility index (Phi) is 7.88. The fourth-order valence-electron chi connectivity index (χ4n) is 8.76. The minimum Gasteiger partial charge on any atom is -0.465 e. The van der Waals surface area contributed by atoms with E-state index in [4.69, 9.17) is 9.47 Å². The van der Waals surface area contributed by atoms with Crippen molar-refractivity contribution in [1.29, 1.82) is 0 Å². The quantitative estimate of drug-likeness (QED) is 0.359. The molecule has 0 saturated heterocycles. The molecular weight excluding hydrogens is 452 g/mol. The Morgan fingerprint density at radius 3 is 2.44 bits per heavy atom. The Labute approximate surface area is 217 Å². The van der Waals surface area contributed by atoms with E-state index < -0.39 is 0 Å². The maximum absolute atomic E-state index is 12.1. The number of carbonyl (C=O) groups excluding carboxylic acids is 3. The summed E-state index contributed by atoms with van der Waals surface area (Å²) in [4.78, 5) is 36.2. The maximum atomic E-state index is 12.1. The van der Waals surface area contributed by atoms with Crippen LogP contribution in [0.15, 0.2) is 23.8 Å². The smallest absolute Gasteiger partial charge is 0.302 e. The molecule has 4 aliphatic rings. The molecule has 0 bridgehead atoms. The molecule has 3 fully saturated rings. The summed E-state index contributed by atoms with van der Waals surface area (Å²) in [5.41, 5.74) is 1.18. The summed E-state index contributed by atoms with van der Waals surface area (Å²) in [5, 5.41) is 0. The number of rotatable bonds is 8. The van der Waals surface area contributed by atoms with E-state index >= 15 is 0 Å².